The Balaban J connectivity index is 2.46. The van der Waals surface area contributed by atoms with Crippen molar-refractivity contribution in [2.24, 2.45) is 5.73 Å². The molecular formula is C13H18N2. The molecule has 0 amide bonds. The minimum atomic E-state index is 0.758. The van der Waals surface area contributed by atoms with E-state index in [0.717, 1.165) is 25.9 Å². The number of nitrogens with two attached hydrogens (primary N) is 1. The first kappa shape index (κ1) is 10.2. The largest absolute Gasteiger partial charge is 0.347 e. The van der Waals surface area contributed by atoms with E-state index in [1.807, 2.05) is 0 Å². The molecule has 2 N–H and O–H groups in total. The quantitative estimate of drug-likeness (QED) is 0.811. The predicted octanol–water partition coefficient (Wildman–Crippen LogP) is 2.55. The van der Waals surface area contributed by atoms with E-state index in [1.165, 1.54) is 16.5 Å². The van der Waals surface area contributed by atoms with Crippen molar-refractivity contribution in [2.75, 3.05) is 6.54 Å². The first-order valence-electron chi connectivity index (χ1n) is 5.63. The Morgan fingerprint density at radius 3 is 2.87 bits per heavy atom. The minimum absolute atomic E-state index is 0.758. The molecule has 2 nitrogen and oxygen atoms in total. The zero-order chi connectivity index (χ0) is 10.7. The van der Waals surface area contributed by atoms with Gasteiger partial charge in [-0.2, -0.15) is 0 Å². The van der Waals surface area contributed by atoms with E-state index in [9.17, 15) is 0 Å². The van der Waals surface area contributed by atoms with Crippen molar-refractivity contribution in [3.8, 4) is 0 Å². The third-order valence-corrected chi connectivity index (χ3v) is 2.86. The molecule has 0 saturated heterocycles. The topological polar surface area (TPSA) is 30.9 Å². The maximum atomic E-state index is 5.55. The van der Waals surface area contributed by atoms with Crippen LogP contribution < -0.4 is 5.73 Å². The van der Waals surface area contributed by atoms with Gasteiger partial charge in [0.25, 0.3) is 0 Å². The Morgan fingerprint density at radius 2 is 2.13 bits per heavy atom. The molecule has 2 aromatic rings. The second-order valence-electron chi connectivity index (χ2n) is 3.86. The summed E-state index contributed by atoms with van der Waals surface area (Å²) in [6, 6.07) is 8.70. The van der Waals surface area contributed by atoms with Crippen LogP contribution in [0.15, 0.2) is 30.5 Å². The molecule has 15 heavy (non-hydrogen) atoms. The van der Waals surface area contributed by atoms with Gasteiger partial charge in [-0.05, 0) is 36.4 Å². The molecule has 0 aliphatic heterocycles. The highest BCUT2D eigenvalue weighted by atomic mass is 15.0. The molecule has 0 bridgehead atoms. The number of hydrogen-bond donors (Lipinski definition) is 1. The monoisotopic (exact) mass is 202 g/mol. The maximum absolute atomic E-state index is 5.55. The number of benzene rings is 1. The van der Waals surface area contributed by atoms with E-state index in [1.54, 1.807) is 0 Å². The van der Waals surface area contributed by atoms with Crippen molar-refractivity contribution in [1.82, 2.24) is 4.57 Å². The number of hydrogen-bond acceptors (Lipinski definition) is 1. The van der Waals surface area contributed by atoms with Gasteiger partial charge < -0.3 is 10.3 Å². The fraction of sp³-hybridized carbons (Fsp3) is 0.385. The molecule has 80 valence electrons. The summed E-state index contributed by atoms with van der Waals surface area (Å²) in [6.45, 7) is 3.99. The van der Waals surface area contributed by atoms with Crippen LogP contribution in [-0.4, -0.2) is 11.1 Å². The minimum Gasteiger partial charge on any atom is -0.347 e. The average Bonchev–Trinajstić information content (AvgIpc) is 2.69. The molecule has 0 aliphatic rings. The van der Waals surface area contributed by atoms with Gasteiger partial charge in [-0.1, -0.05) is 25.1 Å². The Labute approximate surface area is 90.7 Å². The third kappa shape index (κ3) is 1.90. The highest BCUT2D eigenvalue weighted by Gasteiger charge is 2.04. The summed E-state index contributed by atoms with van der Waals surface area (Å²) in [5, 5.41) is 1.34. The van der Waals surface area contributed by atoms with Gasteiger partial charge in [-0.15, -0.1) is 0 Å². The first-order valence-corrected chi connectivity index (χ1v) is 5.63. The van der Waals surface area contributed by atoms with Crippen molar-refractivity contribution >= 4 is 10.9 Å². The average molecular weight is 202 g/mol. The van der Waals surface area contributed by atoms with Gasteiger partial charge in [0.15, 0.2) is 0 Å². The summed E-state index contributed by atoms with van der Waals surface area (Å²) in [5.41, 5.74) is 8.35. The van der Waals surface area contributed by atoms with E-state index < -0.39 is 0 Å². The van der Waals surface area contributed by atoms with Gasteiger partial charge in [0, 0.05) is 12.7 Å². The highest BCUT2D eigenvalue weighted by molar-refractivity contribution is 5.83. The molecule has 0 saturated carbocycles. The first-order chi connectivity index (χ1) is 7.36. The fourth-order valence-corrected chi connectivity index (χ4v) is 2.07. The Hall–Kier alpha value is -1.28. The third-order valence-electron chi connectivity index (χ3n) is 2.86. The van der Waals surface area contributed by atoms with Gasteiger partial charge in [-0.3, -0.25) is 0 Å². The lowest BCUT2D eigenvalue weighted by molar-refractivity contribution is 0.669. The lowest BCUT2D eigenvalue weighted by Crippen LogP contribution is -2.05. The number of aryl methyl sites for hydroxylation is 2. The highest BCUT2D eigenvalue weighted by Crippen LogP contribution is 2.20. The van der Waals surface area contributed by atoms with Crippen LogP contribution in [0.25, 0.3) is 10.9 Å². The van der Waals surface area contributed by atoms with Crippen molar-refractivity contribution in [3.05, 3.63) is 36.0 Å². The summed E-state index contributed by atoms with van der Waals surface area (Å²) in [7, 11) is 0. The van der Waals surface area contributed by atoms with Crippen molar-refractivity contribution in [1.29, 1.82) is 0 Å². The Kier molecular flexibility index (Phi) is 3.07. The number of rotatable bonds is 4. The normalized spacial score (nSPS) is 11.1. The van der Waals surface area contributed by atoms with Crippen LogP contribution in [0.2, 0.25) is 0 Å². The summed E-state index contributed by atoms with van der Waals surface area (Å²) in [6.07, 6.45) is 4.30. The van der Waals surface area contributed by atoms with Crippen LogP contribution >= 0.6 is 0 Å². The van der Waals surface area contributed by atoms with Gasteiger partial charge >= 0.3 is 0 Å². The Morgan fingerprint density at radius 1 is 1.27 bits per heavy atom. The molecule has 0 atom stereocenters. The smallest absolute Gasteiger partial charge is 0.0512 e. The molecule has 0 fully saturated rings. The summed E-state index contributed by atoms with van der Waals surface area (Å²) >= 11 is 0. The molecule has 1 heterocycles. The number of nitrogens with zero attached hydrogens (tertiary/aromatic N) is 1. The SMILES string of the molecule is CCc1cccc2ccn(CCCN)c12. The van der Waals surface area contributed by atoms with Gasteiger partial charge in [0.2, 0.25) is 0 Å². The van der Waals surface area contributed by atoms with Crippen molar-refractivity contribution in [2.45, 2.75) is 26.3 Å². The van der Waals surface area contributed by atoms with Crippen LogP contribution in [0.5, 0.6) is 0 Å². The van der Waals surface area contributed by atoms with Crippen molar-refractivity contribution in [3.63, 3.8) is 0 Å². The molecule has 0 spiro atoms. The summed E-state index contributed by atoms with van der Waals surface area (Å²) in [4.78, 5) is 0. The second-order valence-corrected chi connectivity index (χ2v) is 3.86. The molecule has 2 rings (SSSR count). The summed E-state index contributed by atoms with van der Waals surface area (Å²) in [5.74, 6) is 0. The molecule has 0 radical (unpaired) electrons. The maximum Gasteiger partial charge on any atom is 0.0512 e. The lowest BCUT2D eigenvalue weighted by atomic mass is 10.1. The van der Waals surface area contributed by atoms with Crippen LogP contribution in [0.4, 0.5) is 0 Å². The standard InChI is InChI=1S/C13H18N2/c1-2-11-5-3-6-12-7-10-15(13(11)12)9-4-8-14/h3,5-7,10H,2,4,8-9,14H2,1H3. The van der Waals surface area contributed by atoms with Gasteiger partial charge in [-0.25, -0.2) is 0 Å². The molecule has 2 heteroatoms. The van der Waals surface area contributed by atoms with Crippen LogP contribution in [0, 0.1) is 0 Å². The predicted molar refractivity (Wildman–Crippen MR) is 65.0 cm³/mol. The van der Waals surface area contributed by atoms with Gasteiger partial charge in [0.05, 0.1) is 5.52 Å². The van der Waals surface area contributed by atoms with E-state index in [2.05, 4.69) is 42.0 Å². The fourth-order valence-electron chi connectivity index (χ4n) is 2.07. The van der Waals surface area contributed by atoms with E-state index >= 15 is 0 Å². The van der Waals surface area contributed by atoms with Gasteiger partial charge in [0.1, 0.15) is 0 Å². The van der Waals surface area contributed by atoms with E-state index in [4.69, 9.17) is 5.73 Å². The zero-order valence-corrected chi connectivity index (χ0v) is 9.24. The number of aromatic nitrogens is 1. The zero-order valence-electron chi connectivity index (χ0n) is 9.24. The molecule has 1 aromatic heterocycles. The lowest BCUT2D eigenvalue weighted by Gasteiger charge is -2.07. The number of para-hydroxylation sites is 1. The second kappa shape index (κ2) is 4.49. The van der Waals surface area contributed by atoms with E-state index in [0.29, 0.717) is 0 Å². The van der Waals surface area contributed by atoms with E-state index in [-0.39, 0.29) is 0 Å². The number of fused-ring (bicyclic) bond motifs is 1. The van der Waals surface area contributed by atoms with Crippen molar-refractivity contribution < 1.29 is 0 Å². The molecular weight excluding hydrogens is 184 g/mol. The molecule has 0 aliphatic carbocycles. The van der Waals surface area contributed by atoms with Crippen LogP contribution in [-0.2, 0) is 13.0 Å². The molecule has 0 unspecified atom stereocenters. The Bertz CT molecular complexity index is 443. The van der Waals surface area contributed by atoms with Crippen LogP contribution in [0.1, 0.15) is 18.9 Å². The summed E-state index contributed by atoms with van der Waals surface area (Å²) < 4.78 is 2.32. The van der Waals surface area contributed by atoms with Crippen LogP contribution in [0.3, 0.4) is 0 Å². The molecule has 1 aromatic carbocycles.